The Morgan fingerprint density at radius 3 is 1.98 bits per heavy atom. The van der Waals surface area contributed by atoms with Crippen LogP contribution in [-0.4, -0.2) is 69.4 Å². The summed E-state index contributed by atoms with van der Waals surface area (Å²) in [5.41, 5.74) is 2.02. The first-order valence-corrected chi connectivity index (χ1v) is 15.3. The molecule has 9 heteroatoms. The van der Waals surface area contributed by atoms with Gasteiger partial charge in [0.15, 0.2) is 9.84 Å². The topological polar surface area (TPSA) is 105 Å². The number of nitrogens with one attached hydrogen (secondary N) is 2. The van der Waals surface area contributed by atoms with Gasteiger partial charge in [-0.3, -0.25) is 4.79 Å². The quantitative estimate of drug-likeness (QED) is 0.350. The van der Waals surface area contributed by atoms with E-state index in [2.05, 4.69) is 10.6 Å². The number of nitrogens with zero attached hydrogens (tertiary/aromatic N) is 1. The molecule has 0 radical (unpaired) electrons. The van der Waals surface area contributed by atoms with Crippen molar-refractivity contribution in [2.45, 2.75) is 42.7 Å². The summed E-state index contributed by atoms with van der Waals surface area (Å²) in [7, 11) is -3.52. The number of sulfone groups is 1. The average molecular weight is 564 g/mol. The minimum absolute atomic E-state index is 0.0970. The number of carbonyl (C=O) groups excluding carboxylic acids is 2. The lowest BCUT2D eigenvalue weighted by molar-refractivity contribution is -0.123. The molecule has 3 aromatic carbocycles. The van der Waals surface area contributed by atoms with E-state index in [1.165, 1.54) is 0 Å². The van der Waals surface area contributed by atoms with E-state index < -0.39 is 21.9 Å². The maximum absolute atomic E-state index is 13.7. The molecule has 0 aliphatic carbocycles. The van der Waals surface area contributed by atoms with Crippen molar-refractivity contribution in [1.82, 2.24) is 15.5 Å². The van der Waals surface area contributed by atoms with Crippen molar-refractivity contribution < 1.29 is 22.7 Å². The van der Waals surface area contributed by atoms with E-state index in [1.807, 2.05) is 60.7 Å². The van der Waals surface area contributed by atoms with Gasteiger partial charge in [0.25, 0.3) is 0 Å². The molecule has 1 aliphatic heterocycles. The lowest BCUT2D eigenvalue weighted by Gasteiger charge is -2.30. The number of urea groups is 1. The second kappa shape index (κ2) is 14.6. The van der Waals surface area contributed by atoms with Crippen LogP contribution >= 0.6 is 0 Å². The van der Waals surface area contributed by atoms with Crippen LogP contribution in [0, 0.1) is 0 Å². The number of hydrogen-bond acceptors (Lipinski definition) is 5. The molecule has 4 rings (SSSR count). The number of amides is 3. The minimum Gasteiger partial charge on any atom is -0.378 e. The van der Waals surface area contributed by atoms with E-state index in [4.69, 9.17) is 4.74 Å². The maximum atomic E-state index is 13.7. The number of benzene rings is 3. The van der Waals surface area contributed by atoms with E-state index in [9.17, 15) is 18.0 Å². The average Bonchev–Trinajstić information content (AvgIpc) is 3.00. The Morgan fingerprint density at radius 2 is 1.35 bits per heavy atom. The van der Waals surface area contributed by atoms with Gasteiger partial charge in [0.05, 0.1) is 23.9 Å². The molecule has 212 valence electrons. The van der Waals surface area contributed by atoms with Crippen molar-refractivity contribution in [3.8, 4) is 0 Å². The molecule has 0 aromatic heterocycles. The molecule has 3 aromatic rings. The van der Waals surface area contributed by atoms with Crippen molar-refractivity contribution in [2.75, 3.05) is 32.1 Å². The first kappa shape index (κ1) is 29.3. The van der Waals surface area contributed by atoms with E-state index in [-0.39, 0.29) is 29.0 Å². The van der Waals surface area contributed by atoms with Crippen molar-refractivity contribution in [3.05, 3.63) is 102 Å². The molecule has 0 saturated carbocycles. The van der Waals surface area contributed by atoms with Gasteiger partial charge in [-0.05, 0) is 42.5 Å². The fourth-order valence-electron chi connectivity index (χ4n) is 4.68. The third-order valence-electron chi connectivity index (χ3n) is 7.00. The molecular formula is C31H37N3O5S. The summed E-state index contributed by atoms with van der Waals surface area (Å²) in [6, 6.07) is 26.2. The summed E-state index contributed by atoms with van der Waals surface area (Å²) >= 11 is 0. The molecule has 0 unspecified atom stereocenters. The number of hydrogen-bond donors (Lipinski definition) is 2. The number of carbonyl (C=O) groups is 2. The summed E-state index contributed by atoms with van der Waals surface area (Å²) in [6.45, 7) is 1.84. The highest BCUT2D eigenvalue weighted by Crippen LogP contribution is 2.15. The van der Waals surface area contributed by atoms with Gasteiger partial charge in [-0.1, -0.05) is 78.9 Å². The second-order valence-corrected chi connectivity index (χ2v) is 12.1. The SMILES string of the molecule is O=C(N[C@@H](CCc1ccccc1)CCS(=O)(=O)c1ccccc1)[C@H](Cc1ccccc1)NC(=O)N1CCOCC1. The van der Waals surface area contributed by atoms with Gasteiger partial charge in [-0.15, -0.1) is 0 Å². The van der Waals surface area contributed by atoms with Crippen LogP contribution in [0.5, 0.6) is 0 Å². The normalized spacial score (nSPS) is 15.2. The van der Waals surface area contributed by atoms with Gasteiger partial charge in [0.1, 0.15) is 6.04 Å². The molecule has 1 aliphatic rings. The van der Waals surface area contributed by atoms with Crippen LogP contribution in [0.3, 0.4) is 0 Å². The summed E-state index contributed by atoms with van der Waals surface area (Å²) in [6.07, 6.45) is 1.82. The fraction of sp³-hybridized carbons (Fsp3) is 0.355. The predicted octanol–water partition coefficient (Wildman–Crippen LogP) is 3.62. The zero-order chi connectivity index (χ0) is 28.2. The molecule has 2 atom stereocenters. The third kappa shape index (κ3) is 8.93. The Kier molecular flexibility index (Phi) is 10.7. The molecule has 1 fully saturated rings. The largest absolute Gasteiger partial charge is 0.378 e. The maximum Gasteiger partial charge on any atom is 0.318 e. The van der Waals surface area contributed by atoms with Crippen molar-refractivity contribution >= 4 is 21.8 Å². The Morgan fingerprint density at radius 1 is 0.775 bits per heavy atom. The van der Waals surface area contributed by atoms with Gasteiger partial charge in [0, 0.05) is 25.6 Å². The van der Waals surface area contributed by atoms with Crippen LogP contribution in [0.1, 0.15) is 24.0 Å². The van der Waals surface area contributed by atoms with E-state index in [0.717, 1.165) is 11.1 Å². The number of ether oxygens (including phenoxy) is 1. The van der Waals surface area contributed by atoms with Crippen LogP contribution in [0.15, 0.2) is 95.9 Å². The van der Waals surface area contributed by atoms with Gasteiger partial charge < -0.3 is 20.3 Å². The van der Waals surface area contributed by atoms with Crippen LogP contribution in [0.2, 0.25) is 0 Å². The van der Waals surface area contributed by atoms with Crippen molar-refractivity contribution in [1.29, 1.82) is 0 Å². The summed E-state index contributed by atoms with van der Waals surface area (Å²) in [5, 5.41) is 5.99. The van der Waals surface area contributed by atoms with Crippen LogP contribution in [-0.2, 0) is 32.2 Å². The van der Waals surface area contributed by atoms with E-state index in [0.29, 0.717) is 45.6 Å². The highest BCUT2D eigenvalue weighted by Gasteiger charge is 2.27. The molecule has 0 spiro atoms. The molecule has 1 saturated heterocycles. The summed E-state index contributed by atoms with van der Waals surface area (Å²) in [4.78, 5) is 28.6. The standard InChI is InChI=1S/C31H37N3O5S/c35-30(29(24-26-12-6-2-7-13-26)33-31(36)34-19-21-39-22-20-34)32-27(17-16-25-10-4-1-5-11-25)18-23-40(37,38)28-14-8-3-9-15-28/h1-15,27,29H,16-24H2,(H,32,35)(H,33,36)/t27-,29-/m0/s1. The fourth-order valence-corrected chi connectivity index (χ4v) is 6.09. The summed E-state index contributed by atoms with van der Waals surface area (Å²) in [5.74, 6) is -0.430. The zero-order valence-electron chi connectivity index (χ0n) is 22.6. The van der Waals surface area contributed by atoms with Gasteiger partial charge in [0.2, 0.25) is 5.91 Å². The number of aryl methyl sites for hydroxylation is 1. The molecule has 8 nitrogen and oxygen atoms in total. The van der Waals surface area contributed by atoms with Crippen LogP contribution in [0.4, 0.5) is 4.79 Å². The van der Waals surface area contributed by atoms with Gasteiger partial charge in [-0.2, -0.15) is 0 Å². The molecule has 0 bridgehead atoms. The second-order valence-electron chi connectivity index (χ2n) is 9.94. The van der Waals surface area contributed by atoms with Gasteiger partial charge >= 0.3 is 6.03 Å². The Bertz CT molecular complexity index is 1310. The summed E-state index contributed by atoms with van der Waals surface area (Å²) < 4.78 is 31.4. The minimum atomic E-state index is -3.52. The van der Waals surface area contributed by atoms with Gasteiger partial charge in [-0.25, -0.2) is 13.2 Å². The molecule has 1 heterocycles. The van der Waals surface area contributed by atoms with Crippen molar-refractivity contribution in [2.24, 2.45) is 0 Å². The molecular weight excluding hydrogens is 526 g/mol. The van der Waals surface area contributed by atoms with Crippen LogP contribution < -0.4 is 10.6 Å². The smallest absolute Gasteiger partial charge is 0.318 e. The number of morpholine rings is 1. The zero-order valence-corrected chi connectivity index (χ0v) is 23.4. The molecule has 3 amide bonds. The van der Waals surface area contributed by atoms with Crippen molar-refractivity contribution in [3.63, 3.8) is 0 Å². The Labute approximate surface area is 236 Å². The lowest BCUT2D eigenvalue weighted by Crippen LogP contribution is -2.55. The first-order chi connectivity index (χ1) is 19.4. The van der Waals surface area contributed by atoms with Crippen LogP contribution in [0.25, 0.3) is 0 Å². The Balaban J connectivity index is 1.48. The first-order valence-electron chi connectivity index (χ1n) is 13.7. The third-order valence-corrected chi connectivity index (χ3v) is 8.77. The highest BCUT2D eigenvalue weighted by molar-refractivity contribution is 7.91. The van der Waals surface area contributed by atoms with E-state index in [1.54, 1.807) is 35.2 Å². The monoisotopic (exact) mass is 563 g/mol. The predicted molar refractivity (Wildman–Crippen MR) is 155 cm³/mol. The number of rotatable bonds is 12. The molecule has 40 heavy (non-hydrogen) atoms. The lowest BCUT2D eigenvalue weighted by atomic mass is 10.0. The van der Waals surface area contributed by atoms with E-state index >= 15 is 0 Å². The highest BCUT2D eigenvalue weighted by atomic mass is 32.2. The molecule has 2 N–H and O–H groups in total. The Hall–Kier alpha value is -3.69.